The van der Waals surface area contributed by atoms with Crippen LogP contribution in [0.5, 0.6) is 0 Å². The van der Waals surface area contributed by atoms with E-state index in [1.54, 1.807) is 4.90 Å². The molecule has 0 saturated heterocycles. The molecule has 0 spiro atoms. The Kier molecular flexibility index (Phi) is 11.0. The lowest BCUT2D eigenvalue weighted by Gasteiger charge is -2.45. The first-order valence-electron chi connectivity index (χ1n) is 27.1. The number of aliphatic imine (C=N–C) groups is 6. The van der Waals surface area contributed by atoms with Crippen molar-refractivity contribution in [2.45, 2.75) is 26.2 Å². The van der Waals surface area contributed by atoms with E-state index in [1.807, 2.05) is 60.7 Å². The first-order chi connectivity index (χ1) is 39.3. The Hall–Kier alpha value is -10.3. The molecule has 10 aromatic rings. The highest BCUT2D eigenvalue weighted by atomic mass is 15.5. The smallest absolute Gasteiger partial charge is 0.252 e. The summed E-state index contributed by atoms with van der Waals surface area (Å²) in [7, 11) is 0. The van der Waals surface area contributed by atoms with Gasteiger partial charge in [-0.2, -0.15) is 30.0 Å². The van der Waals surface area contributed by atoms with Crippen molar-refractivity contribution in [3.05, 3.63) is 271 Å². The molecule has 0 aromatic heterocycles. The van der Waals surface area contributed by atoms with Gasteiger partial charge in [-0.3, -0.25) is 0 Å². The quantitative estimate of drug-likeness (QED) is 0.142. The van der Waals surface area contributed by atoms with E-state index in [0.717, 1.165) is 67.5 Å². The number of anilines is 6. The van der Waals surface area contributed by atoms with Gasteiger partial charge in [0.25, 0.3) is 6.71 Å². The number of hydrogen-bond donors (Lipinski definition) is 0. The predicted octanol–water partition coefficient (Wildman–Crippen LogP) is 14.1. The Morgan fingerprint density at radius 3 is 1.11 bits per heavy atom. The molecule has 0 saturated carbocycles. The van der Waals surface area contributed by atoms with E-state index in [1.165, 1.54) is 38.6 Å². The van der Waals surface area contributed by atoms with Gasteiger partial charge in [-0.05, 0) is 109 Å². The summed E-state index contributed by atoms with van der Waals surface area (Å²) in [6, 6.07) is 88.6. The van der Waals surface area contributed by atoms with Crippen LogP contribution in [-0.2, 0) is 5.41 Å². The van der Waals surface area contributed by atoms with Crippen LogP contribution in [0.1, 0.15) is 43.0 Å². The van der Waals surface area contributed by atoms with Gasteiger partial charge in [0, 0.05) is 50.8 Å². The maximum Gasteiger partial charge on any atom is 0.252 e. The summed E-state index contributed by atoms with van der Waals surface area (Å²) in [6.07, 6.45) is 0. The molecule has 5 aliphatic rings. The van der Waals surface area contributed by atoms with E-state index in [9.17, 15) is 0 Å². The fraction of sp³-hybridized carbons (Fsp3) is 0.0571. The molecule has 5 aliphatic heterocycles. The van der Waals surface area contributed by atoms with Crippen LogP contribution in [0.3, 0.4) is 0 Å². The maximum atomic E-state index is 5.28. The van der Waals surface area contributed by atoms with Crippen LogP contribution < -0.4 is 26.2 Å². The molecular weight excluding hydrogens is 978 g/mol. The highest BCUT2D eigenvalue weighted by Gasteiger charge is 2.45. The third-order valence-corrected chi connectivity index (χ3v) is 15.7. The second-order valence-electron chi connectivity index (χ2n) is 21.6. The van der Waals surface area contributed by atoms with Crippen molar-refractivity contribution in [1.29, 1.82) is 0 Å². The molecule has 0 N–H and O–H groups in total. The lowest BCUT2D eigenvalue weighted by molar-refractivity contribution is 0.590. The van der Waals surface area contributed by atoms with Crippen LogP contribution in [0.4, 0.5) is 34.1 Å². The second-order valence-corrected chi connectivity index (χ2v) is 21.6. The number of nitrogens with zero attached hydrogens (tertiary/aromatic N) is 9. The van der Waals surface area contributed by atoms with Crippen molar-refractivity contribution in [2.24, 2.45) is 30.0 Å². The molecule has 0 amide bonds. The van der Waals surface area contributed by atoms with Crippen molar-refractivity contribution >= 4 is 92.6 Å². The number of amidine groups is 3. The van der Waals surface area contributed by atoms with Crippen LogP contribution in [0, 0.1) is 0 Å². The Balaban J connectivity index is 0.968. The molecule has 15 rings (SSSR count). The molecular formula is C70H50BN9. The first kappa shape index (κ1) is 46.9. The van der Waals surface area contributed by atoms with Gasteiger partial charge in [0.15, 0.2) is 17.5 Å². The van der Waals surface area contributed by atoms with Crippen LogP contribution in [0.15, 0.2) is 279 Å². The van der Waals surface area contributed by atoms with E-state index < -0.39 is 0 Å². The SMILES string of the molecule is CC(C)(C)c1cc2c3c(c1)N(c1ccc(-c4ccccc4)cc1)c1cc(C4=NC5=NC(c6ccccc6)=NC6=NC(c7ccccc7)=NC(=N4)N65)ccc1B3c1cc(-c3ccccc3)ccc1N2c1ccc(-c2ccccc2)cc1. The van der Waals surface area contributed by atoms with Crippen molar-refractivity contribution in [3.8, 4) is 33.4 Å². The third-order valence-electron chi connectivity index (χ3n) is 15.7. The lowest BCUT2D eigenvalue weighted by atomic mass is 9.33. The molecule has 5 heterocycles. The van der Waals surface area contributed by atoms with E-state index in [2.05, 4.69) is 219 Å². The largest absolute Gasteiger partial charge is 0.311 e. The topological polar surface area (TPSA) is 83.9 Å². The highest BCUT2D eigenvalue weighted by molar-refractivity contribution is 7.00. The number of hydrogen-bond acceptors (Lipinski definition) is 9. The van der Waals surface area contributed by atoms with Gasteiger partial charge in [-0.15, -0.1) is 0 Å². The monoisotopic (exact) mass is 1030 g/mol. The van der Waals surface area contributed by atoms with Gasteiger partial charge in [0.1, 0.15) is 0 Å². The van der Waals surface area contributed by atoms with Gasteiger partial charge in [0.2, 0.25) is 17.9 Å². The average Bonchev–Trinajstić information content (AvgIpc) is 2.80. The predicted molar refractivity (Wildman–Crippen MR) is 332 cm³/mol. The molecule has 0 atom stereocenters. The fourth-order valence-electron chi connectivity index (χ4n) is 11.7. The zero-order valence-electron chi connectivity index (χ0n) is 44.3. The first-order valence-corrected chi connectivity index (χ1v) is 27.1. The summed E-state index contributed by atoms with van der Waals surface area (Å²) < 4.78 is 0. The molecule has 0 aliphatic carbocycles. The molecule has 0 unspecified atom stereocenters. The van der Waals surface area contributed by atoms with E-state index in [-0.39, 0.29) is 12.1 Å². The molecule has 10 aromatic carbocycles. The number of rotatable bonds is 8. The molecule has 9 nitrogen and oxygen atoms in total. The Labute approximate surface area is 465 Å². The Morgan fingerprint density at radius 2 is 0.662 bits per heavy atom. The summed E-state index contributed by atoms with van der Waals surface area (Å²) >= 11 is 0. The van der Waals surface area contributed by atoms with Crippen LogP contribution in [0.25, 0.3) is 33.4 Å². The van der Waals surface area contributed by atoms with Crippen LogP contribution in [-0.4, -0.2) is 47.0 Å². The zero-order chi connectivity index (χ0) is 53.5. The molecule has 0 radical (unpaired) electrons. The highest BCUT2D eigenvalue weighted by Crippen LogP contribution is 2.47. The van der Waals surface area contributed by atoms with Gasteiger partial charge < -0.3 is 9.80 Å². The molecule has 0 fully saturated rings. The summed E-state index contributed by atoms with van der Waals surface area (Å²) in [5.41, 5.74) is 20.7. The Morgan fingerprint density at radius 1 is 0.287 bits per heavy atom. The van der Waals surface area contributed by atoms with Crippen molar-refractivity contribution in [1.82, 2.24) is 4.90 Å². The van der Waals surface area contributed by atoms with E-state index in [4.69, 9.17) is 30.0 Å². The standard InChI is InChI=1S/C70H50BN9/c1-70(2,3)54-43-61-63-62(44-54)79(56-37-31-49(32-38-56)46-21-11-5-12-22-46)60-42-53(66-76-68-74-64(50-25-15-7-16-26-50)72-67-73-65(51-27-17-8-18-28-51)75-69(77-66)80(67)68)33-39-57(60)71(63)58-41-52(47-23-13-6-14-24-47)34-40-59(58)78(61)55-35-29-48(30-36-55)45-19-9-4-10-20-45/h4-44H,1-3H3. The number of guanidine groups is 3. The van der Waals surface area contributed by atoms with Crippen molar-refractivity contribution < 1.29 is 0 Å². The molecule has 80 heavy (non-hydrogen) atoms. The van der Waals surface area contributed by atoms with Crippen molar-refractivity contribution in [2.75, 3.05) is 9.80 Å². The van der Waals surface area contributed by atoms with Gasteiger partial charge in [-0.1, -0.05) is 221 Å². The average molecular weight is 1030 g/mol. The minimum absolute atomic E-state index is 0.158. The molecule has 0 bridgehead atoms. The summed E-state index contributed by atoms with van der Waals surface area (Å²) in [4.78, 5) is 37.4. The van der Waals surface area contributed by atoms with Crippen molar-refractivity contribution in [3.63, 3.8) is 0 Å². The van der Waals surface area contributed by atoms with Gasteiger partial charge >= 0.3 is 0 Å². The zero-order valence-corrected chi connectivity index (χ0v) is 44.3. The number of benzene rings is 10. The van der Waals surface area contributed by atoms with Gasteiger partial charge in [0.05, 0.1) is 0 Å². The van der Waals surface area contributed by atoms with E-state index >= 15 is 0 Å². The number of fused-ring (bicyclic) bond motifs is 4. The van der Waals surface area contributed by atoms with E-state index in [0.29, 0.717) is 35.4 Å². The minimum atomic E-state index is -0.213. The lowest BCUT2D eigenvalue weighted by Crippen LogP contribution is -2.61. The maximum absolute atomic E-state index is 5.28. The summed E-state index contributed by atoms with van der Waals surface area (Å²) in [5.74, 6) is 2.72. The minimum Gasteiger partial charge on any atom is -0.311 e. The fourth-order valence-corrected chi connectivity index (χ4v) is 11.7. The molecule has 10 heteroatoms. The summed E-state index contributed by atoms with van der Waals surface area (Å²) in [5, 5.41) is 0. The third kappa shape index (κ3) is 8.02. The normalized spacial score (nSPS) is 14.8. The van der Waals surface area contributed by atoms with Crippen LogP contribution in [0.2, 0.25) is 0 Å². The summed E-state index contributed by atoms with van der Waals surface area (Å²) in [6.45, 7) is 6.78. The Bertz CT molecular complexity index is 4260. The second kappa shape index (κ2) is 18.7. The van der Waals surface area contributed by atoms with Crippen LogP contribution >= 0.6 is 0 Å². The van der Waals surface area contributed by atoms with Gasteiger partial charge in [-0.25, -0.2) is 4.90 Å². The molecule has 378 valence electrons.